The van der Waals surface area contributed by atoms with Crippen LogP contribution in [0.3, 0.4) is 0 Å². The molecule has 0 bridgehead atoms. The van der Waals surface area contributed by atoms with Gasteiger partial charge in [-0.3, -0.25) is 0 Å². The van der Waals surface area contributed by atoms with E-state index >= 15 is 0 Å². The molecule has 0 spiro atoms. The van der Waals surface area contributed by atoms with Gasteiger partial charge in [0.25, 0.3) is 0 Å². The summed E-state index contributed by atoms with van der Waals surface area (Å²) < 4.78 is 16.0. The highest BCUT2D eigenvalue weighted by Gasteiger charge is 2.14. The molecule has 1 unspecified atom stereocenters. The Balaban J connectivity index is 1.47. The third-order valence-corrected chi connectivity index (χ3v) is 3.02. The van der Waals surface area contributed by atoms with Gasteiger partial charge in [-0.25, -0.2) is 4.79 Å². The number of rotatable bonds is 7. The molecule has 1 aromatic rings. The lowest BCUT2D eigenvalue weighted by Gasteiger charge is -2.10. The molecule has 2 rings (SSSR count). The van der Waals surface area contributed by atoms with Crippen LogP contribution in [0.15, 0.2) is 30.3 Å². The van der Waals surface area contributed by atoms with Crippen molar-refractivity contribution in [1.29, 1.82) is 0 Å². The Morgan fingerprint density at radius 3 is 2.95 bits per heavy atom. The highest BCUT2D eigenvalue weighted by molar-refractivity contribution is 5.70. The van der Waals surface area contributed by atoms with Gasteiger partial charge in [-0.1, -0.05) is 18.2 Å². The van der Waals surface area contributed by atoms with Crippen molar-refractivity contribution in [3.8, 4) is 5.75 Å². The van der Waals surface area contributed by atoms with E-state index in [2.05, 4.69) is 5.32 Å². The molecular formula is C15H21NO4. The monoisotopic (exact) mass is 279 g/mol. The lowest BCUT2D eigenvalue weighted by Crippen LogP contribution is -2.28. The van der Waals surface area contributed by atoms with Gasteiger partial charge in [-0.2, -0.15) is 0 Å². The smallest absolute Gasteiger partial charge is 0.410 e. The van der Waals surface area contributed by atoms with Crippen LogP contribution >= 0.6 is 0 Å². The van der Waals surface area contributed by atoms with E-state index in [0.717, 1.165) is 25.9 Å². The molecule has 110 valence electrons. The van der Waals surface area contributed by atoms with Crippen molar-refractivity contribution in [3.05, 3.63) is 30.3 Å². The Morgan fingerprint density at radius 2 is 2.20 bits per heavy atom. The third-order valence-electron chi connectivity index (χ3n) is 3.02. The summed E-state index contributed by atoms with van der Waals surface area (Å²) in [5.41, 5.74) is 0. The van der Waals surface area contributed by atoms with Crippen LogP contribution in [-0.4, -0.2) is 38.6 Å². The zero-order valence-electron chi connectivity index (χ0n) is 11.5. The van der Waals surface area contributed by atoms with Crippen LogP contribution in [0.4, 0.5) is 4.79 Å². The molecule has 1 N–H and O–H groups in total. The minimum absolute atomic E-state index is 0.256. The van der Waals surface area contributed by atoms with Crippen molar-refractivity contribution in [2.45, 2.75) is 25.4 Å². The summed E-state index contributed by atoms with van der Waals surface area (Å²) in [5, 5.41) is 2.69. The van der Waals surface area contributed by atoms with E-state index in [1.165, 1.54) is 0 Å². The number of benzene rings is 1. The first-order valence-electron chi connectivity index (χ1n) is 7.04. The summed E-state index contributed by atoms with van der Waals surface area (Å²) >= 11 is 0. The molecule has 1 saturated heterocycles. The van der Waals surface area contributed by atoms with Gasteiger partial charge in [0.1, 0.15) is 5.75 Å². The van der Waals surface area contributed by atoms with Gasteiger partial charge in [-0.05, 0) is 31.4 Å². The molecule has 1 aliphatic heterocycles. The van der Waals surface area contributed by atoms with Crippen LogP contribution in [0.2, 0.25) is 0 Å². The van der Waals surface area contributed by atoms with Gasteiger partial charge in [-0.15, -0.1) is 0 Å². The predicted octanol–water partition coefficient (Wildman–Crippen LogP) is 2.36. The van der Waals surface area contributed by atoms with Crippen LogP contribution in [0.1, 0.15) is 19.3 Å². The number of amides is 1. The molecule has 1 atom stereocenters. The van der Waals surface area contributed by atoms with Crippen LogP contribution in [0.5, 0.6) is 5.75 Å². The molecule has 1 fully saturated rings. The predicted molar refractivity (Wildman–Crippen MR) is 74.9 cm³/mol. The van der Waals surface area contributed by atoms with Crippen LogP contribution in [0, 0.1) is 0 Å². The van der Waals surface area contributed by atoms with Crippen molar-refractivity contribution in [2.24, 2.45) is 0 Å². The Morgan fingerprint density at radius 1 is 1.35 bits per heavy atom. The third kappa shape index (κ3) is 5.59. The van der Waals surface area contributed by atoms with Gasteiger partial charge in [0.2, 0.25) is 0 Å². The van der Waals surface area contributed by atoms with Crippen LogP contribution < -0.4 is 10.1 Å². The number of ether oxygens (including phenoxy) is 3. The summed E-state index contributed by atoms with van der Waals surface area (Å²) in [6.07, 6.45) is 2.79. The Kier molecular flexibility index (Phi) is 6.34. The molecule has 5 heteroatoms. The number of hydrogen-bond acceptors (Lipinski definition) is 4. The quantitative estimate of drug-likeness (QED) is 0.778. The van der Waals surface area contributed by atoms with E-state index in [4.69, 9.17) is 14.2 Å². The lowest BCUT2D eigenvalue weighted by molar-refractivity contribution is 0.0167. The van der Waals surface area contributed by atoms with E-state index < -0.39 is 6.09 Å². The fraction of sp³-hybridized carbons (Fsp3) is 0.533. The number of carbonyl (C=O) groups is 1. The standard InChI is InChI=1S/C15H21NO4/c17-15(20-13-6-2-1-3-7-13)16-9-5-10-18-12-14-8-4-11-19-14/h1-3,6-7,14H,4-5,8-12H2,(H,16,17). The number of carbonyl (C=O) groups excluding carboxylic acids is 1. The summed E-state index contributed by atoms with van der Waals surface area (Å²) in [5.74, 6) is 0.541. The minimum atomic E-state index is -0.435. The molecule has 1 aromatic carbocycles. The summed E-state index contributed by atoms with van der Waals surface area (Å²) in [7, 11) is 0. The zero-order valence-corrected chi connectivity index (χ0v) is 11.5. The molecule has 5 nitrogen and oxygen atoms in total. The summed E-state index contributed by atoms with van der Waals surface area (Å²) in [4.78, 5) is 11.5. The molecule has 20 heavy (non-hydrogen) atoms. The molecule has 0 saturated carbocycles. The number of hydrogen-bond donors (Lipinski definition) is 1. The van der Waals surface area contributed by atoms with E-state index in [0.29, 0.717) is 25.5 Å². The first-order chi connectivity index (χ1) is 9.84. The SMILES string of the molecule is O=C(NCCCOCC1CCCO1)Oc1ccccc1. The van der Waals surface area contributed by atoms with Crippen molar-refractivity contribution in [2.75, 3.05) is 26.4 Å². The van der Waals surface area contributed by atoms with Gasteiger partial charge in [0.05, 0.1) is 12.7 Å². The van der Waals surface area contributed by atoms with E-state index in [1.54, 1.807) is 12.1 Å². The average molecular weight is 279 g/mol. The second kappa shape index (κ2) is 8.55. The van der Waals surface area contributed by atoms with Crippen molar-refractivity contribution in [1.82, 2.24) is 5.32 Å². The molecule has 0 aliphatic carbocycles. The highest BCUT2D eigenvalue weighted by Crippen LogP contribution is 2.11. The Hall–Kier alpha value is -1.59. The molecule has 1 heterocycles. The fourth-order valence-electron chi connectivity index (χ4n) is 1.99. The fourth-order valence-corrected chi connectivity index (χ4v) is 1.99. The first-order valence-corrected chi connectivity index (χ1v) is 7.04. The average Bonchev–Trinajstić information content (AvgIpc) is 2.97. The largest absolute Gasteiger partial charge is 0.412 e. The lowest BCUT2D eigenvalue weighted by atomic mass is 10.2. The maximum absolute atomic E-state index is 11.5. The van der Waals surface area contributed by atoms with Crippen molar-refractivity contribution >= 4 is 6.09 Å². The van der Waals surface area contributed by atoms with Crippen LogP contribution in [-0.2, 0) is 9.47 Å². The zero-order chi connectivity index (χ0) is 14.0. The Labute approximate surface area is 119 Å². The first kappa shape index (κ1) is 14.8. The van der Waals surface area contributed by atoms with Crippen molar-refractivity contribution < 1.29 is 19.0 Å². The number of nitrogens with one attached hydrogen (secondary N) is 1. The van der Waals surface area contributed by atoms with E-state index in [9.17, 15) is 4.79 Å². The second-order valence-electron chi connectivity index (χ2n) is 4.69. The second-order valence-corrected chi connectivity index (χ2v) is 4.69. The van der Waals surface area contributed by atoms with E-state index in [-0.39, 0.29) is 6.10 Å². The van der Waals surface area contributed by atoms with Crippen molar-refractivity contribution in [3.63, 3.8) is 0 Å². The topological polar surface area (TPSA) is 56.8 Å². The van der Waals surface area contributed by atoms with E-state index in [1.807, 2.05) is 18.2 Å². The van der Waals surface area contributed by atoms with Gasteiger partial charge < -0.3 is 19.5 Å². The molecule has 0 aromatic heterocycles. The van der Waals surface area contributed by atoms with Gasteiger partial charge in [0, 0.05) is 19.8 Å². The minimum Gasteiger partial charge on any atom is -0.410 e. The molecular weight excluding hydrogens is 258 g/mol. The molecule has 1 aliphatic rings. The Bertz CT molecular complexity index is 390. The van der Waals surface area contributed by atoms with Gasteiger partial charge >= 0.3 is 6.09 Å². The maximum Gasteiger partial charge on any atom is 0.412 e. The summed E-state index contributed by atoms with van der Waals surface area (Å²) in [6, 6.07) is 8.99. The van der Waals surface area contributed by atoms with Crippen LogP contribution in [0.25, 0.3) is 0 Å². The highest BCUT2D eigenvalue weighted by atomic mass is 16.6. The summed E-state index contributed by atoms with van der Waals surface area (Å²) in [6.45, 7) is 2.65. The number of para-hydroxylation sites is 1. The maximum atomic E-state index is 11.5. The molecule has 1 amide bonds. The molecule has 0 radical (unpaired) electrons. The van der Waals surface area contributed by atoms with Gasteiger partial charge in [0.15, 0.2) is 0 Å². The normalized spacial score (nSPS) is 17.9.